The number of ether oxygens (including phenoxy) is 2. The van der Waals surface area contributed by atoms with Gasteiger partial charge in [0, 0.05) is 19.7 Å². The van der Waals surface area contributed by atoms with Crippen molar-refractivity contribution < 1.29 is 14.3 Å². The molecule has 1 aromatic rings. The zero-order chi connectivity index (χ0) is 15.1. The second-order valence-corrected chi connectivity index (χ2v) is 4.98. The molecule has 0 aromatic heterocycles. The van der Waals surface area contributed by atoms with E-state index in [1.807, 2.05) is 13.0 Å². The van der Waals surface area contributed by atoms with Gasteiger partial charge < -0.3 is 14.4 Å². The van der Waals surface area contributed by atoms with Gasteiger partial charge in [0.15, 0.2) is 6.61 Å². The van der Waals surface area contributed by atoms with E-state index in [4.69, 9.17) is 14.7 Å². The summed E-state index contributed by atoms with van der Waals surface area (Å²) in [5.74, 6) is 0.574. The van der Waals surface area contributed by atoms with Crippen LogP contribution in [0.3, 0.4) is 0 Å². The second kappa shape index (κ2) is 7.65. The standard InChI is InChI=1S/C16H20N2O3/c1-2-20-15-4-3-9-18(11-15)16(19)12-21-14-7-5-13(10-17)6-8-14/h5-8,15H,2-4,9,11-12H2,1H3. The summed E-state index contributed by atoms with van der Waals surface area (Å²) in [6, 6.07) is 8.79. The highest BCUT2D eigenvalue weighted by molar-refractivity contribution is 5.77. The molecule has 1 atom stereocenters. The van der Waals surface area contributed by atoms with Crippen molar-refractivity contribution in [3.05, 3.63) is 29.8 Å². The fourth-order valence-electron chi connectivity index (χ4n) is 2.40. The molecule has 2 rings (SSSR count). The van der Waals surface area contributed by atoms with Gasteiger partial charge in [-0.25, -0.2) is 0 Å². The van der Waals surface area contributed by atoms with E-state index in [2.05, 4.69) is 0 Å². The molecule has 1 saturated heterocycles. The largest absolute Gasteiger partial charge is 0.484 e. The van der Waals surface area contributed by atoms with Crippen LogP contribution in [0.2, 0.25) is 0 Å². The van der Waals surface area contributed by atoms with Gasteiger partial charge in [0.1, 0.15) is 5.75 Å². The SMILES string of the molecule is CCOC1CCCN(C(=O)COc2ccc(C#N)cc2)C1. The molecule has 21 heavy (non-hydrogen) atoms. The lowest BCUT2D eigenvalue weighted by atomic mass is 10.1. The molecular weight excluding hydrogens is 268 g/mol. The number of rotatable bonds is 5. The number of hydrogen-bond donors (Lipinski definition) is 0. The molecule has 1 aliphatic rings. The third kappa shape index (κ3) is 4.47. The number of nitriles is 1. The predicted octanol–water partition coefficient (Wildman–Crippen LogP) is 1.96. The van der Waals surface area contributed by atoms with Crippen LogP contribution in [-0.2, 0) is 9.53 Å². The molecule has 0 N–H and O–H groups in total. The number of carbonyl (C=O) groups is 1. The van der Waals surface area contributed by atoms with E-state index in [0.29, 0.717) is 24.5 Å². The number of carbonyl (C=O) groups excluding carboxylic acids is 1. The predicted molar refractivity (Wildman–Crippen MR) is 77.9 cm³/mol. The first-order valence-corrected chi connectivity index (χ1v) is 7.25. The minimum Gasteiger partial charge on any atom is -0.484 e. The van der Waals surface area contributed by atoms with E-state index in [-0.39, 0.29) is 18.6 Å². The molecule has 0 aliphatic carbocycles. The average Bonchev–Trinajstić information content (AvgIpc) is 2.53. The maximum absolute atomic E-state index is 12.1. The normalized spacial score (nSPS) is 18.1. The summed E-state index contributed by atoms with van der Waals surface area (Å²) < 4.78 is 11.1. The van der Waals surface area contributed by atoms with Crippen molar-refractivity contribution in [2.75, 3.05) is 26.3 Å². The molecule has 0 radical (unpaired) electrons. The summed E-state index contributed by atoms with van der Waals surface area (Å²) in [5, 5.41) is 8.72. The zero-order valence-corrected chi connectivity index (χ0v) is 12.2. The van der Waals surface area contributed by atoms with E-state index >= 15 is 0 Å². The van der Waals surface area contributed by atoms with Crippen molar-refractivity contribution in [1.29, 1.82) is 5.26 Å². The number of likely N-dealkylation sites (tertiary alicyclic amines) is 1. The Bertz CT molecular complexity index is 505. The highest BCUT2D eigenvalue weighted by Crippen LogP contribution is 2.15. The Morgan fingerprint density at radius 2 is 2.19 bits per heavy atom. The highest BCUT2D eigenvalue weighted by Gasteiger charge is 2.23. The Hall–Kier alpha value is -2.06. The van der Waals surface area contributed by atoms with E-state index in [0.717, 1.165) is 19.4 Å². The molecule has 1 unspecified atom stereocenters. The maximum atomic E-state index is 12.1. The number of amides is 1. The van der Waals surface area contributed by atoms with Gasteiger partial charge in [0.2, 0.25) is 0 Å². The van der Waals surface area contributed by atoms with Crippen LogP contribution in [0.5, 0.6) is 5.75 Å². The first-order chi connectivity index (χ1) is 10.2. The van der Waals surface area contributed by atoms with Gasteiger partial charge in [-0.2, -0.15) is 5.26 Å². The van der Waals surface area contributed by atoms with Crippen molar-refractivity contribution in [2.45, 2.75) is 25.9 Å². The van der Waals surface area contributed by atoms with Crippen LogP contribution < -0.4 is 4.74 Å². The molecular formula is C16H20N2O3. The quantitative estimate of drug-likeness (QED) is 0.831. The Balaban J connectivity index is 1.82. The smallest absolute Gasteiger partial charge is 0.260 e. The van der Waals surface area contributed by atoms with Crippen LogP contribution in [-0.4, -0.2) is 43.2 Å². The Morgan fingerprint density at radius 1 is 1.43 bits per heavy atom. The molecule has 1 heterocycles. The highest BCUT2D eigenvalue weighted by atomic mass is 16.5. The zero-order valence-electron chi connectivity index (χ0n) is 12.2. The van der Waals surface area contributed by atoms with Gasteiger partial charge in [-0.1, -0.05) is 0 Å². The van der Waals surface area contributed by atoms with Crippen molar-refractivity contribution >= 4 is 5.91 Å². The second-order valence-electron chi connectivity index (χ2n) is 4.98. The number of piperidine rings is 1. The molecule has 0 bridgehead atoms. The van der Waals surface area contributed by atoms with Crippen LogP contribution in [0, 0.1) is 11.3 Å². The lowest BCUT2D eigenvalue weighted by Crippen LogP contribution is -2.45. The third-order valence-corrected chi connectivity index (χ3v) is 3.48. The molecule has 0 saturated carbocycles. The minimum absolute atomic E-state index is 0.0186. The molecule has 0 spiro atoms. The molecule has 5 heteroatoms. The average molecular weight is 288 g/mol. The Kier molecular flexibility index (Phi) is 5.59. The van der Waals surface area contributed by atoms with Gasteiger partial charge in [0.05, 0.1) is 17.7 Å². The van der Waals surface area contributed by atoms with E-state index in [1.165, 1.54) is 0 Å². The van der Waals surface area contributed by atoms with Crippen LogP contribution in [0.25, 0.3) is 0 Å². The summed E-state index contributed by atoms with van der Waals surface area (Å²) in [4.78, 5) is 13.9. The molecule has 5 nitrogen and oxygen atoms in total. The first kappa shape index (κ1) is 15.3. The van der Waals surface area contributed by atoms with Crippen molar-refractivity contribution in [3.63, 3.8) is 0 Å². The first-order valence-electron chi connectivity index (χ1n) is 7.25. The van der Waals surface area contributed by atoms with Crippen LogP contribution in [0.4, 0.5) is 0 Å². The summed E-state index contributed by atoms with van der Waals surface area (Å²) >= 11 is 0. The summed E-state index contributed by atoms with van der Waals surface area (Å²) in [6.45, 7) is 4.07. The van der Waals surface area contributed by atoms with Crippen molar-refractivity contribution in [2.24, 2.45) is 0 Å². The number of nitrogens with zero attached hydrogens (tertiary/aromatic N) is 2. The third-order valence-electron chi connectivity index (χ3n) is 3.48. The monoisotopic (exact) mass is 288 g/mol. The molecule has 1 aliphatic heterocycles. The maximum Gasteiger partial charge on any atom is 0.260 e. The fraction of sp³-hybridized carbons (Fsp3) is 0.500. The lowest BCUT2D eigenvalue weighted by molar-refractivity contribution is -0.137. The van der Waals surface area contributed by atoms with E-state index in [9.17, 15) is 4.79 Å². The molecule has 1 fully saturated rings. The summed E-state index contributed by atoms with van der Waals surface area (Å²) in [6.07, 6.45) is 2.11. The van der Waals surface area contributed by atoms with Gasteiger partial charge in [-0.3, -0.25) is 4.79 Å². The van der Waals surface area contributed by atoms with Crippen molar-refractivity contribution in [1.82, 2.24) is 4.90 Å². The lowest BCUT2D eigenvalue weighted by Gasteiger charge is -2.32. The molecule has 1 amide bonds. The van der Waals surface area contributed by atoms with E-state index < -0.39 is 0 Å². The van der Waals surface area contributed by atoms with Crippen LogP contribution in [0.1, 0.15) is 25.3 Å². The Morgan fingerprint density at radius 3 is 2.86 bits per heavy atom. The van der Waals surface area contributed by atoms with Gasteiger partial charge >= 0.3 is 0 Å². The fourth-order valence-corrected chi connectivity index (χ4v) is 2.40. The van der Waals surface area contributed by atoms with E-state index in [1.54, 1.807) is 29.2 Å². The summed E-state index contributed by atoms with van der Waals surface area (Å²) in [7, 11) is 0. The van der Waals surface area contributed by atoms with Gasteiger partial charge in [0.25, 0.3) is 5.91 Å². The van der Waals surface area contributed by atoms with Gasteiger partial charge in [-0.05, 0) is 44.0 Å². The number of benzene rings is 1. The minimum atomic E-state index is -0.0243. The number of hydrogen-bond acceptors (Lipinski definition) is 4. The summed E-state index contributed by atoms with van der Waals surface area (Å²) in [5.41, 5.74) is 0.573. The van der Waals surface area contributed by atoms with Crippen molar-refractivity contribution in [3.8, 4) is 11.8 Å². The van der Waals surface area contributed by atoms with Crippen LogP contribution >= 0.6 is 0 Å². The Labute approximate surface area is 125 Å². The van der Waals surface area contributed by atoms with Gasteiger partial charge in [-0.15, -0.1) is 0 Å². The molecule has 112 valence electrons. The topological polar surface area (TPSA) is 62.6 Å². The van der Waals surface area contributed by atoms with Crippen LogP contribution in [0.15, 0.2) is 24.3 Å². The molecule has 1 aromatic carbocycles.